The maximum atomic E-state index is 12.7. The number of nitro groups is 1. The second-order valence-electron chi connectivity index (χ2n) is 6.03. The molecule has 0 saturated heterocycles. The molecule has 30 heavy (non-hydrogen) atoms. The molecule has 0 unspecified atom stereocenters. The van der Waals surface area contributed by atoms with Gasteiger partial charge < -0.3 is 14.0 Å². The quantitative estimate of drug-likeness (QED) is 0.323. The van der Waals surface area contributed by atoms with Crippen LogP contribution in [0.3, 0.4) is 0 Å². The molecule has 0 N–H and O–H groups in total. The first-order valence-electron chi connectivity index (χ1n) is 9.18. The van der Waals surface area contributed by atoms with Crippen molar-refractivity contribution in [3.05, 3.63) is 62.9 Å². The molecule has 0 aliphatic rings. The van der Waals surface area contributed by atoms with Crippen molar-refractivity contribution >= 4 is 39.1 Å². The number of hydrogen-bond acceptors (Lipinski definition) is 7. The van der Waals surface area contributed by atoms with E-state index in [0.29, 0.717) is 17.9 Å². The van der Waals surface area contributed by atoms with Gasteiger partial charge in [-0.1, -0.05) is 23.5 Å². The molecule has 1 aromatic heterocycles. The van der Waals surface area contributed by atoms with Crippen LogP contribution in [0.25, 0.3) is 10.2 Å². The number of aromatic nitrogens is 1. The highest BCUT2D eigenvalue weighted by Crippen LogP contribution is 2.24. The van der Waals surface area contributed by atoms with Gasteiger partial charge in [0.2, 0.25) is 0 Å². The third-order valence-corrected chi connectivity index (χ3v) is 5.13. The molecular formula is C20H19N3O6S. The summed E-state index contributed by atoms with van der Waals surface area (Å²) in [7, 11) is 0. The number of rotatable bonds is 7. The van der Waals surface area contributed by atoms with Crippen LogP contribution < -0.4 is 9.54 Å². The molecule has 0 radical (unpaired) electrons. The SMILES string of the molecule is CCOC(=O)Cn1c(=NC(=O)c2ccccc2[N+](=O)[O-])sc2cc(OCC)ccc21. The van der Waals surface area contributed by atoms with Crippen molar-refractivity contribution in [3.63, 3.8) is 0 Å². The number of fused-ring (bicyclic) bond motifs is 1. The van der Waals surface area contributed by atoms with Crippen LogP contribution in [-0.4, -0.2) is 34.6 Å². The summed E-state index contributed by atoms with van der Waals surface area (Å²) in [5, 5.41) is 11.2. The van der Waals surface area contributed by atoms with Gasteiger partial charge in [0.1, 0.15) is 17.9 Å². The number of nitro benzene ring substituents is 1. The Morgan fingerprint density at radius 3 is 2.63 bits per heavy atom. The molecule has 2 aromatic carbocycles. The van der Waals surface area contributed by atoms with Gasteiger partial charge in [-0.15, -0.1) is 0 Å². The van der Waals surface area contributed by atoms with Crippen LogP contribution in [0.4, 0.5) is 5.69 Å². The number of amides is 1. The van der Waals surface area contributed by atoms with E-state index in [9.17, 15) is 19.7 Å². The molecule has 9 nitrogen and oxygen atoms in total. The summed E-state index contributed by atoms with van der Waals surface area (Å²) in [6.45, 7) is 4.13. The van der Waals surface area contributed by atoms with Gasteiger partial charge in [0.05, 0.1) is 28.4 Å². The second kappa shape index (κ2) is 9.31. The Morgan fingerprint density at radius 1 is 1.17 bits per heavy atom. The topological polar surface area (TPSA) is 113 Å². The second-order valence-corrected chi connectivity index (χ2v) is 7.04. The Kier molecular flexibility index (Phi) is 6.58. The van der Waals surface area contributed by atoms with Crippen LogP contribution in [0, 0.1) is 10.1 Å². The minimum atomic E-state index is -0.767. The van der Waals surface area contributed by atoms with Crippen molar-refractivity contribution in [2.45, 2.75) is 20.4 Å². The third kappa shape index (κ3) is 4.54. The fraction of sp³-hybridized carbons (Fsp3) is 0.250. The Hall–Kier alpha value is -3.53. The van der Waals surface area contributed by atoms with Gasteiger partial charge >= 0.3 is 5.97 Å². The van der Waals surface area contributed by atoms with Crippen molar-refractivity contribution in [3.8, 4) is 5.75 Å². The van der Waals surface area contributed by atoms with Gasteiger partial charge in [-0.2, -0.15) is 4.99 Å². The molecule has 0 saturated carbocycles. The molecule has 0 aliphatic carbocycles. The molecule has 0 aliphatic heterocycles. The predicted molar refractivity (Wildman–Crippen MR) is 111 cm³/mol. The molecular weight excluding hydrogens is 410 g/mol. The largest absolute Gasteiger partial charge is 0.494 e. The minimum Gasteiger partial charge on any atom is -0.494 e. The fourth-order valence-corrected chi connectivity index (χ4v) is 3.90. The smallest absolute Gasteiger partial charge is 0.326 e. The highest BCUT2D eigenvalue weighted by atomic mass is 32.1. The molecule has 1 heterocycles. The van der Waals surface area contributed by atoms with Crippen molar-refractivity contribution in [1.29, 1.82) is 0 Å². The van der Waals surface area contributed by atoms with Crippen molar-refractivity contribution in [2.75, 3.05) is 13.2 Å². The molecule has 0 spiro atoms. The molecule has 156 valence electrons. The number of benzene rings is 2. The van der Waals surface area contributed by atoms with Gasteiger partial charge in [-0.05, 0) is 38.1 Å². The number of carbonyl (C=O) groups is 2. The van der Waals surface area contributed by atoms with E-state index in [2.05, 4.69) is 4.99 Å². The molecule has 1 amide bonds. The van der Waals surface area contributed by atoms with E-state index in [4.69, 9.17) is 9.47 Å². The number of nitrogens with zero attached hydrogens (tertiary/aromatic N) is 3. The van der Waals surface area contributed by atoms with Crippen molar-refractivity contribution in [1.82, 2.24) is 4.57 Å². The highest BCUT2D eigenvalue weighted by Gasteiger charge is 2.20. The lowest BCUT2D eigenvalue weighted by atomic mass is 10.2. The lowest BCUT2D eigenvalue weighted by molar-refractivity contribution is -0.385. The monoisotopic (exact) mass is 429 g/mol. The van der Waals surface area contributed by atoms with Crippen LogP contribution in [0.15, 0.2) is 47.5 Å². The normalized spacial score (nSPS) is 11.5. The van der Waals surface area contributed by atoms with Crippen LogP contribution in [0.5, 0.6) is 5.75 Å². The zero-order chi connectivity index (χ0) is 21.7. The van der Waals surface area contributed by atoms with E-state index in [1.807, 2.05) is 6.92 Å². The fourth-order valence-electron chi connectivity index (χ4n) is 2.84. The van der Waals surface area contributed by atoms with Gasteiger partial charge in [-0.3, -0.25) is 19.7 Å². The van der Waals surface area contributed by atoms with E-state index in [1.165, 1.54) is 35.6 Å². The maximum absolute atomic E-state index is 12.7. The number of ether oxygens (including phenoxy) is 2. The van der Waals surface area contributed by atoms with E-state index >= 15 is 0 Å². The molecule has 0 bridgehead atoms. The minimum absolute atomic E-state index is 0.127. The van der Waals surface area contributed by atoms with Gasteiger partial charge in [0.25, 0.3) is 11.6 Å². The molecule has 0 atom stereocenters. The van der Waals surface area contributed by atoms with E-state index in [1.54, 1.807) is 29.7 Å². The summed E-state index contributed by atoms with van der Waals surface area (Å²) in [6, 6.07) is 10.9. The summed E-state index contributed by atoms with van der Waals surface area (Å²) >= 11 is 1.18. The van der Waals surface area contributed by atoms with Gasteiger partial charge in [0.15, 0.2) is 4.80 Å². The van der Waals surface area contributed by atoms with E-state index in [0.717, 1.165) is 4.70 Å². The lowest BCUT2D eigenvalue weighted by Gasteiger charge is -2.06. The van der Waals surface area contributed by atoms with Crippen molar-refractivity contribution < 1.29 is 24.0 Å². The standard InChI is InChI=1S/C20H19N3O6S/c1-3-28-13-9-10-16-17(11-13)30-20(22(16)12-18(24)29-4-2)21-19(25)14-7-5-6-8-15(14)23(26)27/h5-11H,3-4,12H2,1-2H3. The summed E-state index contributed by atoms with van der Waals surface area (Å²) < 4.78 is 12.8. The van der Waals surface area contributed by atoms with Crippen LogP contribution in [0.2, 0.25) is 0 Å². The third-order valence-electron chi connectivity index (χ3n) is 4.09. The van der Waals surface area contributed by atoms with Crippen LogP contribution in [-0.2, 0) is 16.1 Å². The summed E-state index contributed by atoms with van der Waals surface area (Å²) in [5.41, 5.74) is 0.214. The molecule has 10 heteroatoms. The number of thiazole rings is 1. The van der Waals surface area contributed by atoms with Gasteiger partial charge in [0, 0.05) is 6.07 Å². The van der Waals surface area contributed by atoms with Gasteiger partial charge in [-0.25, -0.2) is 0 Å². The Balaban J connectivity index is 2.14. The highest BCUT2D eigenvalue weighted by molar-refractivity contribution is 7.16. The summed E-state index contributed by atoms with van der Waals surface area (Å²) in [4.78, 5) is 39.8. The average Bonchev–Trinajstić information content (AvgIpc) is 3.04. The van der Waals surface area contributed by atoms with Crippen LogP contribution in [0.1, 0.15) is 24.2 Å². The lowest BCUT2D eigenvalue weighted by Crippen LogP contribution is -2.23. The molecule has 3 rings (SSSR count). The number of carbonyl (C=O) groups excluding carboxylic acids is 2. The first kappa shape index (κ1) is 21.2. The van der Waals surface area contributed by atoms with Crippen molar-refractivity contribution in [2.24, 2.45) is 4.99 Å². The first-order chi connectivity index (χ1) is 14.4. The zero-order valence-corrected chi connectivity index (χ0v) is 17.2. The number of hydrogen-bond donors (Lipinski definition) is 0. The summed E-state index contributed by atoms with van der Waals surface area (Å²) in [5.74, 6) is -0.603. The average molecular weight is 429 g/mol. The van der Waals surface area contributed by atoms with E-state index < -0.39 is 16.8 Å². The number of para-hydroxylation sites is 1. The van der Waals surface area contributed by atoms with E-state index in [-0.39, 0.29) is 29.2 Å². The number of esters is 1. The Morgan fingerprint density at radius 2 is 1.93 bits per heavy atom. The molecule has 3 aromatic rings. The first-order valence-corrected chi connectivity index (χ1v) is 10.0. The predicted octanol–water partition coefficient (Wildman–Crippen LogP) is 3.31. The maximum Gasteiger partial charge on any atom is 0.326 e. The zero-order valence-electron chi connectivity index (χ0n) is 16.4. The molecule has 0 fully saturated rings. The summed E-state index contributed by atoms with van der Waals surface area (Å²) in [6.07, 6.45) is 0. The van der Waals surface area contributed by atoms with Crippen LogP contribution >= 0.6 is 11.3 Å². The Labute approximate surface area is 175 Å². The Bertz CT molecular complexity index is 1180.